The van der Waals surface area contributed by atoms with Gasteiger partial charge in [-0.25, -0.2) is 13.4 Å². The monoisotopic (exact) mass is 430 g/mol. The topological polar surface area (TPSA) is 84.2 Å². The highest BCUT2D eigenvalue weighted by Gasteiger charge is 2.33. The highest BCUT2D eigenvalue weighted by atomic mass is 32.2. The smallest absolute Gasteiger partial charge is 0.244 e. The number of nitrogens with zero attached hydrogens (tertiary/aromatic N) is 6. The van der Waals surface area contributed by atoms with Crippen LogP contribution in [0.2, 0.25) is 0 Å². The Hall–Kier alpha value is -2.00. The van der Waals surface area contributed by atoms with E-state index < -0.39 is 10.0 Å². The predicted octanol–water partition coefficient (Wildman–Crippen LogP) is 2.92. The molecule has 0 amide bonds. The van der Waals surface area contributed by atoms with Gasteiger partial charge in [0.15, 0.2) is 5.82 Å². The molecule has 2 saturated heterocycles. The van der Waals surface area contributed by atoms with E-state index in [0.29, 0.717) is 18.0 Å². The van der Waals surface area contributed by atoms with Crippen molar-refractivity contribution in [1.29, 1.82) is 0 Å². The van der Waals surface area contributed by atoms with Crippen molar-refractivity contribution in [3.63, 3.8) is 0 Å². The Kier molecular flexibility index (Phi) is 5.49. The van der Waals surface area contributed by atoms with Crippen molar-refractivity contribution in [3.8, 4) is 0 Å². The van der Waals surface area contributed by atoms with Gasteiger partial charge in [0.05, 0.1) is 6.04 Å². The maximum absolute atomic E-state index is 12.9. The van der Waals surface area contributed by atoms with E-state index in [2.05, 4.69) is 24.6 Å². The van der Waals surface area contributed by atoms with Gasteiger partial charge in [-0.3, -0.25) is 0 Å². The van der Waals surface area contributed by atoms with E-state index in [1.807, 2.05) is 6.07 Å². The number of hydrogen-bond acceptors (Lipinski definition) is 6. The zero-order chi connectivity index (χ0) is 20.6. The van der Waals surface area contributed by atoms with E-state index in [1.54, 1.807) is 10.4 Å². The lowest BCUT2D eigenvalue weighted by Crippen LogP contribution is -2.35. The molecular weight excluding hydrogens is 400 g/mol. The number of piperidine rings is 1. The van der Waals surface area contributed by atoms with Crippen LogP contribution in [0, 0.1) is 0 Å². The van der Waals surface area contributed by atoms with Crippen LogP contribution in [0.3, 0.4) is 0 Å². The summed E-state index contributed by atoms with van der Waals surface area (Å²) in [6, 6.07) is 3.72. The third-order valence-electron chi connectivity index (χ3n) is 6.66. The molecule has 5 rings (SSSR count). The molecule has 9 heteroatoms. The molecule has 30 heavy (non-hydrogen) atoms. The Morgan fingerprint density at radius 1 is 0.867 bits per heavy atom. The molecule has 1 unspecified atom stereocenters. The Balaban J connectivity index is 1.38. The molecule has 0 N–H and O–H groups in total. The highest BCUT2D eigenvalue weighted by molar-refractivity contribution is 7.89. The van der Waals surface area contributed by atoms with Crippen molar-refractivity contribution in [3.05, 3.63) is 30.0 Å². The van der Waals surface area contributed by atoms with Crippen molar-refractivity contribution in [2.75, 3.05) is 24.5 Å². The van der Waals surface area contributed by atoms with Gasteiger partial charge in [-0.15, -0.1) is 10.2 Å². The van der Waals surface area contributed by atoms with Crippen molar-refractivity contribution in [1.82, 2.24) is 24.1 Å². The second-order valence-electron chi connectivity index (χ2n) is 8.60. The summed E-state index contributed by atoms with van der Waals surface area (Å²) in [6.07, 6.45) is 11.2. The standard InChI is InChI=1S/C21H30N6O2S/c28-30(29,25-12-4-2-5-13-25)17-10-11-19(22-16-17)26-15-7-8-18(26)21-24-23-20-9-3-1-6-14-27(20)21/h10-11,16,18H,1-9,12-15H2. The van der Waals surface area contributed by atoms with Crippen LogP contribution in [0.15, 0.2) is 23.2 Å². The largest absolute Gasteiger partial charge is 0.346 e. The number of hydrogen-bond donors (Lipinski definition) is 0. The summed E-state index contributed by atoms with van der Waals surface area (Å²) in [5.41, 5.74) is 0. The minimum Gasteiger partial charge on any atom is -0.346 e. The Bertz CT molecular complexity index is 981. The van der Waals surface area contributed by atoms with E-state index in [4.69, 9.17) is 0 Å². The highest BCUT2D eigenvalue weighted by Crippen LogP contribution is 2.35. The summed E-state index contributed by atoms with van der Waals surface area (Å²) in [5.74, 6) is 2.96. The van der Waals surface area contributed by atoms with Crippen LogP contribution in [0.25, 0.3) is 0 Å². The third kappa shape index (κ3) is 3.62. The fourth-order valence-corrected chi connectivity index (χ4v) is 6.48. The number of rotatable bonds is 4. The molecule has 0 saturated carbocycles. The molecule has 2 fully saturated rings. The van der Waals surface area contributed by atoms with E-state index in [9.17, 15) is 8.42 Å². The maximum atomic E-state index is 12.9. The lowest BCUT2D eigenvalue weighted by molar-refractivity contribution is 0.346. The first-order valence-electron chi connectivity index (χ1n) is 11.3. The van der Waals surface area contributed by atoms with Crippen LogP contribution in [0.4, 0.5) is 5.82 Å². The fourth-order valence-electron chi connectivity index (χ4n) is 5.01. The molecule has 162 valence electrons. The molecular formula is C21H30N6O2S. The summed E-state index contributed by atoms with van der Waals surface area (Å²) >= 11 is 0. The number of sulfonamides is 1. The molecule has 0 aromatic carbocycles. The molecule has 2 aromatic heterocycles. The average molecular weight is 431 g/mol. The number of aromatic nitrogens is 4. The van der Waals surface area contributed by atoms with Gasteiger partial charge in [0.25, 0.3) is 0 Å². The third-order valence-corrected chi connectivity index (χ3v) is 8.54. The second-order valence-corrected chi connectivity index (χ2v) is 10.5. The first-order chi connectivity index (χ1) is 14.6. The lowest BCUT2D eigenvalue weighted by atomic mass is 10.2. The minimum absolute atomic E-state index is 0.154. The van der Waals surface area contributed by atoms with Gasteiger partial charge in [0.2, 0.25) is 10.0 Å². The van der Waals surface area contributed by atoms with E-state index >= 15 is 0 Å². The van der Waals surface area contributed by atoms with Crippen LogP contribution in [-0.4, -0.2) is 52.1 Å². The van der Waals surface area contributed by atoms with Crippen LogP contribution in [0.1, 0.15) is 69.1 Å². The predicted molar refractivity (Wildman–Crippen MR) is 114 cm³/mol. The fraction of sp³-hybridized carbons (Fsp3) is 0.667. The molecule has 0 bridgehead atoms. The molecule has 1 atom stereocenters. The normalized spacial score (nSPS) is 23.3. The molecule has 0 radical (unpaired) electrons. The van der Waals surface area contributed by atoms with Crippen molar-refractivity contribution in [2.45, 2.75) is 75.3 Å². The molecule has 3 aliphatic heterocycles. The zero-order valence-corrected chi connectivity index (χ0v) is 18.2. The summed E-state index contributed by atoms with van der Waals surface area (Å²) in [4.78, 5) is 7.13. The van der Waals surface area contributed by atoms with Gasteiger partial charge in [0.1, 0.15) is 16.5 Å². The van der Waals surface area contributed by atoms with Gasteiger partial charge in [-0.05, 0) is 50.7 Å². The summed E-state index contributed by atoms with van der Waals surface area (Å²) in [5, 5.41) is 9.02. The van der Waals surface area contributed by atoms with E-state index in [1.165, 1.54) is 25.5 Å². The van der Waals surface area contributed by atoms with Crippen LogP contribution in [-0.2, 0) is 23.0 Å². The Morgan fingerprint density at radius 3 is 2.47 bits per heavy atom. The number of pyridine rings is 1. The minimum atomic E-state index is -3.45. The Labute approximate surface area is 178 Å². The zero-order valence-electron chi connectivity index (χ0n) is 17.4. The van der Waals surface area contributed by atoms with E-state index in [-0.39, 0.29) is 6.04 Å². The number of fused-ring (bicyclic) bond motifs is 1. The summed E-state index contributed by atoms with van der Waals surface area (Å²) in [6.45, 7) is 3.10. The molecule has 2 aromatic rings. The molecule has 0 spiro atoms. The second kappa shape index (κ2) is 8.26. The van der Waals surface area contributed by atoms with Gasteiger partial charge >= 0.3 is 0 Å². The van der Waals surface area contributed by atoms with Gasteiger partial charge in [-0.2, -0.15) is 4.31 Å². The van der Waals surface area contributed by atoms with Gasteiger partial charge < -0.3 is 9.47 Å². The summed E-state index contributed by atoms with van der Waals surface area (Å²) in [7, 11) is -3.45. The van der Waals surface area contributed by atoms with Gasteiger partial charge in [-0.1, -0.05) is 12.8 Å². The van der Waals surface area contributed by atoms with Crippen LogP contribution < -0.4 is 4.90 Å². The SMILES string of the molecule is O=S(=O)(c1ccc(N2CCCC2c2nnc3n2CCCCC3)nc1)N1CCCCC1. The molecule has 3 aliphatic rings. The average Bonchev–Trinajstić information content (AvgIpc) is 3.35. The number of anilines is 1. The first-order valence-corrected chi connectivity index (χ1v) is 12.7. The number of aryl methyl sites for hydroxylation is 1. The van der Waals surface area contributed by atoms with Crippen LogP contribution >= 0.6 is 0 Å². The van der Waals surface area contributed by atoms with Gasteiger partial charge in [0, 0.05) is 38.8 Å². The van der Waals surface area contributed by atoms with Crippen LogP contribution in [0.5, 0.6) is 0 Å². The molecule has 5 heterocycles. The Morgan fingerprint density at radius 2 is 1.67 bits per heavy atom. The van der Waals surface area contributed by atoms with Crippen molar-refractivity contribution >= 4 is 15.8 Å². The first kappa shape index (κ1) is 19.9. The quantitative estimate of drug-likeness (QED) is 0.742. The summed E-state index contributed by atoms with van der Waals surface area (Å²) < 4.78 is 29.7. The maximum Gasteiger partial charge on any atom is 0.244 e. The molecule has 0 aliphatic carbocycles. The lowest BCUT2D eigenvalue weighted by Gasteiger charge is -2.27. The van der Waals surface area contributed by atoms with E-state index in [0.717, 1.165) is 69.1 Å². The molecule has 8 nitrogen and oxygen atoms in total. The van der Waals surface area contributed by atoms with Crippen molar-refractivity contribution < 1.29 is 8.42 Å². The van der Waals surface area contributed by atoms with Crippen molar-refractivity contribution in [2.24, 2.45) is 0 Å².